The van der Waals surface area contributed by atoms with E-state index in [2.05, 4.69) is 15.5 Å². The number of ether oxygens (including phenoxy) is 1. The standard InChI is InChI=1S/C8H13N3O2/c1-5-10-8(13-11-5)7-3-6(12-2)4-9-7/h6-7,9H,3-4H2,1-2H3/t6-,7-/m1/s1. The van der Waals surface area contributed by atoms with E-state index in [0.29, 0.717) is 11.7 Å². The molecule has 0 unspecified atom stereocenters. The largest absolute Gasteiger partial charge is 0.380 e. The lowest BCUT2D eigenvalue weighted by Crippen LogP contribution is -2.16. The summed E-state index contributed by atoms with van der Waals surface area (Å²) in [6, 6.07) is 0.158. The van der Waals surface area contributed by atoms with E-state index < -0.39 is 0 Å². The van der Waals surface area contributed by atoms with Gasteiger partial charge in [-0.05, 0) is 13.3 Å². The quantitative estimate of drug-likeness (QED) is 0.720. The van der Waals surface area contributed by atoms with Gasteiger partial charge in [0.05, 0.1) is 12.1 Å². The molecule has 2 heterocycles. The third-order valence-corrected chi connectivity index (χ3v) is 2.27. The molecule has 0 spiro atoms. The van der Waals surface area contributed by atoms with Gasteiger partial charge in [0.25, 0.3) is 0 Å². The highest BCUT2D eigenvalue weighted by Gasteiger charge is 2.28. The van der Waals surface area contributed by atoms with E-state index in [1.165, 1.54) is 0 Å². The Labute approximate surface area is 76.5 Å². The van der Waals surface area contributed by atoms with Gasteiger partial charge in [0.15, 0.2) is 5.82 Å². The summed E-state index contributed by atoms with van der Waals surface area (Å²) in [5.74, 6) is 1.34. The van der Waals surface area contributed by atoms with E-state index in [1.54, 1.807) is 7.11 Å². The highest BCUT2D eigenvalue weighted by Crippen LogP contribution is 2.22. The maximum Gasteiger partial charge on any atom is 0.243 e. The lowest BCUT2D eigenvalue weighted by Gasteiger charge is -2.03. The van der Waals surface area contributed by atoms with Crippen LogP contribution in [0.15, 0.2) is 4.52 Å². The first-order chi connectivity index (χ1) is 6.29. The summed E-state index contributed by atoms with van der Waals surface area (Å²) >= 11 is 0. The minimum atomic E-state index is 0.158. The molecule has 2 atom stereocenters. The zero-order valence-corrected chi connectivity index (χ0v) is 7.78. The maximum atomic E-state index is 5.22. The number of nitrogens with zero attached hydrogens (tertiary/aromatic N) is 2. The molecule has 0 saturated carbocycles. The predicted octanol–water partition coefficient (Wildman–Crippen LogP) is 0.427. The molecule has 1 fully saturated rings. The van der Waals surface area contributed by atoms with Crippen LogP contribution in [0.1, 0.15) is 24.2 Å². The Morgan fingerprint density at radius 1 is 1.62 bits per heavy atom. The second kappa shape index (κ2) is 3.43. The van der Waals surface area contributed by atoms with E-state index in [9.17, 15) is 0 Å². The number of hydrogen-bond donors (Lipinski definition) is 1. The van der Waals surface area contributed by atoms with Crippen LogP contribution in [0.3, 0.4) is 0 Å². The van der Waals surface area contributed by atoms with E-state index in [1.807, 2.05) is 6.92 Å². The minimum Gasteiger partial charge on any atom is -0.380 e. The lowest BCUT2D eigenvalue weighted by molar-refractivity contribution is 0.116. The second-order valence-electron chi connectivity index (χ2n) is 3.23. The SMILES string of the molecule is CO[C@H]1CN[C@@H](c2nc(C)no2)C1. The van der Waals surface area contributed by atoms with Crippen molar-refractivity contribution in [1.29, 1.82) is 0 Å². The summed E-state index contributed by atoms with van der Waals surface area (Å²) < 4.78 is 10.3. The summed E-state index contributed by atoms with van der Waals surface area (Å²) in [7, 11) is 1.72. The van der Waals surface area contributed by atoms with Gasteiger partial charge in [-0.1, -0.05) is 5.16 Å². The maximum absolute atomic E-state index is 5.22. The van der Waals surface area contributed by atoms with E-state index >= 15 is 0 Å². The smallest absolute Gasteiger partial charge is 0.243 e. The number of aromatic nitrogens is 2. The summed E-state index contributed by atoms with van der Waals surface area (Å²) in [5.41, 5.74) is 0. The van der Waals surface area contributed by atoms with Gasteiger partial charge in [-0.3, -0.25) is 0 Å². The van der Waals surface area contributed by atoms with Crippen molar-refractivity contribution < 1.29 is 9.26 Å². The molecule has 13 heavy (non-hydrogen) atoms. The monoisotopic (exact) mass is 183 g/mol. The van der Waals surface area contributed by atoms with E-state index in [-0.39, 0.29) is 12.1 Å². The van der Waals surface area contributed by atoms with E-state index in [0.717, 1.165) is 13.0 Å². The van der Waals surface area contributed by atoms with Crippen molar-refractivity contribution in [3.05, 3.63) is 11.7 Å². The Bertz CT molecular complexity index is 287. The van der Waals surface area contributed by atoms with Gasteiger partial charge in [-0.15, -0.1) is 0 Å². The molecule has 1 aliphatic heterocycles. The van der Waals surface area contributed by atoms with Gasteiger partial charge in [0.1, 0.15) is 0 Å². The Morgan fingerprint density at radius 3 is 3.00 bits per heavy atom. The predicted molar refractivity (Wildman–Crippen MR) is 45.2 cm³/mol. The average molecular weight is 183 g/mol. The molecule has 0 aliphatic carbocycles. The fourth-order valence-corrected chi connectivity index (χ4v) is 1.53. The molecule has 72 valence electrons. The summed E-state index contributed by atoms with van der Waals surface area (Å²) in [5, 5.41) is 7.01. The minimum absolute atomic E-state index is 0.158. The molecule has 1 saturated heterocycles. The normalized spacial score (nSPS) is 28.2. The highest BCUT2D eigenvalue weighted by molar-refractivity contribution is 4.96. The van der Waals surface area contributed by atoms with Gasteiger partial charge in [0.2, 0.25) is 5.89 Å². The van der Waals surface area contributed by atoms with Crippen LogP contribution in [0.2, 0.25) is 0 Å². The molecule has 0 aromatic carbocycles. The van der Waals surface area contributed by atoms with Crippen LogP contribution < -0.4 is 5.32 Å². The number of methoxy groups -OCH3 is 1. The van der Waals surface area contributed by atoms with Crippen molar-refractivity contribution in [2.75, 3.05) is 13.7 Å². The molecule has 5 nitrogen and oxygen atoms in total. The molecule has 2 rings (SSSR count). The van der Waals surface area contributed by atoms with Crippen LogP contribution >= 0.6 is 0 Å². The lowest BCUT2D eigenvalue weighted by atomic mass is 10.2. The van der Waals surface area contributed by atoms with Gasteiger partial charge in [0, 0.05) is 13.7 Å². The summed E-state index contributed by atoms with van der Waals surface area (Å²) in [6.45, 7) is 2.67. The fraction of sp³-hybridized carbons (Fsp3) is 0.750. The number of rotatable bonds is 2. The third-order valence-electron chi connectivity index (χ3n) is 2.27. The molecular weight excluding hydrogens is 170 g/mol. The van der Waals surface area contributed by atoms with Crippen molar-refractivity contribution in [2.45, 2.75) is 25.5 Å². The van der Waals surface area contributed by atoms with Crippen LogP contribution in [-0.2, 0) is 4.74 Å². The molecule has 0 bridgehead atoms. The molecule has 1 N–H and O–H groups in total. The highest BCUT2D eigenvalue weighted by atomic mass is 16.5. The third kappa shape index (κ3) is 1.71. The van der Waals surface area contributed by atoms with Crippen molar-refractivity contribution in [1.82, 2.24) is 15.5 Å². The number of aryl methyl sites for hydroxylation is 1. The molecule has 1 aromatic rings. The molecule has 0 amide bonds. The Kier molecular flexibility index (Phi) is 2.28. The number of nitrogens with one attached hydrogen (secondary N) is 1. The first-order valence-electron chi connectivity index (χ1n) is 4.36. The van der Waals surface area contributed by atoms with Crippen LogP contribution in [0.25, 0.3) is 0 Å². The molecule has 1 aromatic heterocycles. The van der Waals surface area contributed by atoms with Crippen LogP contribution in [0, 0.1) is 6.92 Å². The Hall–Kier alpha value is -0.940. The van der Waals surface area contributed by atoms with Crippen molar-refractivity contribution in [3.63, 3.8) is 0 Å². The van der Waals surface area contributed by atoms with Crippen LogP contribution in [-0.4, -0.2) is 29.9 Å². The van der Waals surface area contributed by atoms with Gasteiger partial charge < -0.3 is 14.6 Å². The van der Waals surface area contributed by atoms with Crippen molar-refractivity contribution in [3.8, 4) is 0 Å². The van der Waals surface area contributed by atoms with Crippen LogP contribution in [0.4, 0.5) is 0 Å². The average Bonchev–Trinajstić information content (AvgIpc) is 2.71. The summed E-state index contributed by atoms with van der Waals surface area (Å²) in [6.07, 6.45) is 1.16. The molecular formula is C8H13N3O2. The Balaban J connectivity index is 2.03. The van der Waals surface area contributed by atoms with E-state index in [4.69, 9.17) is 9.26 Å². The number of hydrogen-bond acceptors (Lipinski definition) is 5. The fourth-order valence-electron chi connectivity index (χ4n) is 1.53. The first-order valence-corrected chi connectivity index (χ1v) is 4.36. The zero-order chi connectivity index (χ0) is 9.26. The van der Waals surface area contributed by atoms with Crippen molar-refractivity contribution >= 4 is 0 Å². The first kappa shape index (κ1) is 8.65. The van der Waals surface area contributed by atoms with Gasteiger partial charge in [-0.2, -0.15) is 4.98 Å². The second-order valence-corrected chi connectivity index (χ2v) is 3.23. The summed E-state index contributed by atoms with van der Waals surface area (Å²) in [4.78, 5) is 4.17. The molecule has 0 radical (unpaired) electrons. The Morgan fingerprint density at radius 2 is 2.46 bits per heavy atom. The topological polar surface area (TPSA) is 60.2 Å². The molecule has 5 heteroatoms. The molecule has 1 aliphatic rings. The van der Waals surface area contributed by atoms with Gasteiger partial charge in [-0.25, -0.2) is 0 Å². The van der Waals surface area contributed by atoms with Crippen molar-refractivity contribution in [2.24, 2.45) is 0 Å². The van der Waals surface area contributed by atoms with Crippen LogP contribution in [0.5, 0.6) is 0 Å². The van der Waals surface area contributed by atoms with Gasteiger partial charge >= 0.3 is 0 Å². The zero-order valence-electron chi connectivity index (χ0n) is 7.78.